The van der Waals surface area contributed by atoms with Gasteiger partial charge < -0.3 is 10.2 Å². The van der Waals surface area contributed by atoms with Gasteiger partial charge in [-0.05, 0) is 37.6 Å². The van der Waals surface area contributed by atoms with Crippen molar-refractivity contribution in [3.63, 3.8) is 0 Å². The van der Waals surface area contributed by atoms with E-state index in [2.05, 4.69) is 12.2 Å². The van der Waals surface area contributed by atoms with Gasteiger partial charge in [-0.2, -0.15) is 0 Å². The van der Waals surface area contributed by atoms with Crippen molar-refractivity contribution < 1.29 is 4.79 Å². The first kappa shape index (κ1) is 11.9. The zero-order chi connectivity index (χ0) is 11.5. The average Bonchev–Trinajstić information content (AvgIpc) is 3.02. The van der Waals surface area contributed by atoms with Gasteiger partial charge in [0.05, 0.1) is 0 Å². The molecule has 0 aromatic heterocycles. The Bertz CT molecular complexity index is 246. The Morgan fingerprint density at radius 3 is 2.50 bits per heavy atom. The van der Waals surface area contributed by atoms with Gasteiger partial charge in [0.1, 0.15) is 0 Å². The quantitative estimate of drug-likeness (QED) is 0.787. The molecule has 0 aromatic rings. The van der Waals surface area contributed by atoms with E-state index < -0.39 is 0 Å². The second-order valence-corrected chi connectivity index (χ2v) is 5.39. The van der Waals surface area contributed by atoms with Gasteiger partial charge in [0, 0.05) is 25.6 Å². The lowest BCUT2D eigenvalue weighted by Gasteiger charge is -2.32. The van der Waals surface area contributed by atoms with Crippen molar-refractivity contribution >= 4 is 5.91 Å². The summed E-state index contributed by atoms with van der Waals surface area (Å²) in [5, 5.41) is 3.65. The van der Waals surface area contributed by atoms with Crippen molar-refractivity contribution in [3.05, 3.63) is 0 Å². The highest BCUT2D eigenvalue weighted by atomic mass is 16.2. The molecule has 1 aliphatic carbocycles. The topological polar surface area (TPSA) is 32.3 Å². The highest BCUT2D eigenvalue weighted by Crippen LogP contribution is 2.36. The van der Waals surface area contributed by atoms with Gasteiger partial charge in [-0.1, -0.05) is 13.8 Å². The molecule has 3 heteroatoms. The maximum absolute atomic E-state index is 11.5. The number of carbonyl (C=O) groups is 1. The van der Waals surface area contributed by atoms with Crippen LogP contribution in [-0.2, 0) is 4.79 Å². The maximum atomic E-state index is 11.5. The lowest BCUT2D eigenvalue weighted by Crippen LogP contribution is -2.45. The van der Waals surface area contributed by atoms with Gasteiger partial charge in [0.15, 0.2) is 0 Å². The fraction of sp³-hybridized carbons (Fsp3) is 0.923. The Kier molecular flexibility index (Phi) is 3.85. The summed E-state index contributed by atoms with van der Waals surface area (Å²) in [4.78, 5) is 13.5. The predicted molar refractivity (Wildman–Crippen MR) is 65.2 cm³/mol. The number of hydrogen-bond donors (Lipinski definition) is 1. The van der Waals surface area contributed by atoms with Crippen molar-refractivity contribution in [1.82, 2.24) is 10.2 Å². The minimum Gasteiger partial charge on any atom is -0.343 e. The molecule has 92 valence electrons. The molecule has 1 heterocycles. The van der Waals surface area contributed by atoms with Crippen LogP contribution in [-0.4, -0.2) is 36.5 Å². The second-order valence-electron chi connectivity index (χ2n) is 5.39. The fourth-order valence-electron chi connectivity index (χ4n) is 2.56. The minimum absolute atomic E-state index is 0.314. The second kappa shape index (κ2) is 5.17. The summed E-state index contributed by atoms with van der Waals surface area (Å²) in [6.45, 7) is 7.36. The van der Waals surface area contributed by atoms with E-state index in [0.29, 0.717) is 18.4 Å². The smallest absolute Gasteiger partial charge is 0.222 e. The molecule has 0 radical (unpaired) electrons. The van der Waals surface area contributed by atoms with E-state index in [0.717, 1.165) is 37.8 Å². The first-order chi connectivity index (χ1) is 7.70. The Labute approximate surface area is 98.6 Å². The summed E-state index contributed by atoms with van der Waals surface area (Å²) in [6.07, 6.45) is 4.32. The molecule has 2 unspecified atom stereocenters. The van der Waals surface area contributed by atoms with E-state index in [9.17, 15) is 4.79 Å². The molecule has 2 atom stereocenters. The van der Waals surface area contributed by atoms with Crippen LogP contribution in [0.5, 0.6) is 0 Å². The zero-order valence-corrected chi connectivity index (χ0v) is 10.5. The Hall–Kier alpha value is -0.570. The van der Waals surface area contributed by atoms with E-state index in [1.165, 1.54) is 13.0 Å². The van der Waals surface area contributed by atoms with Crippen LogP contribution in [0.25, 0.3) is 0 Å². The van der Waals surface area contributed by atoms with E-state index in [-0.39, 0.29) is 0 Å². The first-order valence-electron chi connectivity index (χ1n) is 6.72. The van der Waals surface area contributed by atoms with Crippen LogP contribution in [0.3, 0.4) is 0 Å². The highest BCUT2D eigenvalue weighted by Gasteiger charge is 2.32. The standard InChI is InChI=1S/C13H24N2O/c1-3-13(16)15-6-4-12(5-7-15)14-9-11-8-10(11)2/h10-12,14H,3-9H2,1-2H3. The molecular formula is C13H24N2O. The summed E-state index contributed by atoms with van der Waals surface area (Å²) in [5.41, 5.74) is 0. The van der Waals surface area contributed by atoms with E-state index >= 15 is 0 Å². The monoisotopic (exact) mass is 224 g/mol. The summed E-state index contributed by atoms with van der Waals surface area (Å²) in [5.74, 6) is 2.18. The number of carbonyl (C=O) groups excluding carboxylic acids is 1. The molecule has 1 N–H and O–H groups in total. The van der Waals surface area contributed by atoms with Crippen LogP contribution < -0.4 is 5.32 Å². The number of likely N-dealkylation sites (tertiary alicyclic amines) is 1. The molecule has 2 fully saturated rings. The molecule has 1 aliphatic heterocycles. The number of piperidine rings is 1. The van der Waals surface area contributed by atoms with Crippen molar-refractivity contribution in [2.75, 3.05) is 19.6 Å². The molecule has 1 amide bonds. The summed E-state index contributed by atoms with van der Waals surface area (Å²) in [6, 6.07) is 0.647. The number of nitrogens with zero attached hydrogens (tertiary/aromatic N) is 1. The molecule has 1 saturated carbocycles. The number of nitrogens with one attached hydrogen (secondary N) is 1. The van der Waals surface area contributed by atoms with Gasteiger partial charge in [-0.3, -0.25) is 4.79 Å². The first-order valence-corrected chi connectivity index (χ1v) is 6.72. The van der Waals surface area contributed by atoms with Crippen molar-refractivity contribution in [2.45, 2.75) is 45.6 Å². The largest absolute Gasteiger partial charge is 0.343 e. The van der Waals surface area contributed by atoms with Crippen LogP contribution in [0.1, 0.15) is 39.5 Å². The van der Waals surface area contributed by atoms with Crippen molar-refractivity contribution in [3.8, 4) is 0 Å². The van der Waals surface area contributed by atoms with Crippen LogP contribution in [0.15, 0.2) is 0 Å². The zero-order valence-electron chi connectivity index (χ0n) is 10.5. The number of rotatable bonds is 4. The fourth-order valence-corrected chi connectivity index (χ4v) is 2.56. The SMILES string of the molecule is CCC(=O)N1CCC(NCC2CC2C)CC1. The Morgan fingerprint density at radius 2 is 2.00 bits per heavy atom. The van der Waals surface area contributed by atoms with Crippen LogP contribution >= 0.6 is 0 Å². The molecule has 0 bridgehead atoms. The van der Waals surface area contributed by atoms with Gasteiger partial charge in [0.2, 0.25) is 5.91 Å². The lowest BCUT2D eigenvalue weighted by molar-refractivity contribution is -0.131. The van der Waals surface area contributed by atoms with Crippen molar-refractivity contribution in [1.29, 1.82) is 0 Å². The number of hydrogen-bond acceptors (Lipinski definition) is 2. The van der Waals surface area contributed by atoms with Crippen LogP contribution in [0.4, 0.5) is 0 Å². The molecule has 16 heavy (non-hydrogen) atoms. The predicted octanol–water partition coefficient (Wildman–Crippen LogP) is 1.63. The van der Waals surface area contributed by atoms with E-state index in [1.54, 1.807) is 0 Å². The normalized spacial score (nSPS) is 30.5. The van der Waals surface area contributed by atoms with Gasteiger partial charge in [-0.15, -0.1) is 0 Å². The van der Waals surface area contributed by atoms with Crippen molar-refractivity contribution in [2.24, 2.45) is 11.8 Å². The molecule has 1 saturated heterocycles. The molecular weight excluding hydrogens is 200 g/mol. The molecule has 0 aromatic carbocycles. The highest BCUT2D eigenvalue weighted by molar-refractivity contribution is 5.75. The summed E-state index contributed by atoms with van der Waals surface area (Å²) >= 11 is 0. The Morgan fingerprint density at radius 1 is 1.38 bits per heavy atom. The third-order valence-electron chi connectivity index (χ3n) is 4.09. The van der Waals surface area contributed by atoms with Crippen LogP contribution in [0.2, 0.25) is 0 Å². The molecule has 2 aliphatic rings. The average molecular weight is 224 g/mol. The number of amides is 1. The van der Waals surface area contributed by atoms with Crippen LogP contribution in [0, 0.1) is 11.8 Å². The third-order valence-corrected chi connectivity index (χ3v) is 4.09. The third kappa shape index (κ3) is 2.97. The van der Waals surface area contributed by atoms with Gasteiger partial charge >= 0.3 is 0 Å². The maximum Gasteiger partial charge on any atom is 0.222 e. The lowest BCUT2D eigenvalue weighted by atomic mass is 10.0. The summed E-state index contributed by atoms with van der Waals surface area (Å²) < 4.78 is 0. The summed E-state index contributed by atoms with van der Waals surface area (Å²) in [7, 11) is 0. The molecule has 2 rings (SSSR count). The van der Waals surface area contributed by atoms with E-state index in [1.807, 2.05) is 11.8 Å². The molecule has 0 spiro atoms. The van der Waals surface area contributed by atoms with Gasteiger partial charge in [0.25, 0.3) is 0 Å². The minimum atomic E-state index is 0.314. The van der Waals surface area contributed by atoms with Gasteiger partial charge in [-0.25, -0.2) is 0 Å². The van der Waals surface area contributed by atoms with E-state index in [4.69, 9.17) is 0 Å². The molecule has 3 nitrogen and oxygen atoms in total. The Balaban J connectivity index is 1.63.